The zero-order chi connectivity index (χ0) is 14.2. The Kier molecular flexibility index (Phi) is 2.97. The highest BCUT2D eigenvalue weighted by atomic mass is 16.5. The lowest BCUT2D eigenvalue weighted by Crippen LogP contribution is -2.41. The highest BCUT2D eigenvalue weighted by Gasteiger charge is 2.35. The monoisotopic (exact) mass is 280 g/mol. The number of benzene rings is 1. The number of hydrogen-bond acceptors (Lipinski definition) is 5. The van der Waals surface area contributed by atoms with Crippen molar-refractivity contribution in [3.8, 4) is 6.07 Å². The van der Waals surface area contributed by atoms with Crippen molar-refractivity contribution < 1.29 is 4.74 Å². The SMILES string of the molecule is N#Cc1nnc2ccccc2c1N1CC[C@@H]2OCC[C@@H]2C1. The van der Waals surface area contributed by atoms with Crippen LogP contribution in [0.2, 0.25) is 0 Å². The van der Waals surface area contributed by atoms with Crippen molar-refractivity contribution in [3.05, 3.63) is 30.0 Å². The van der Waals surface area contributed by atoms with Gasteiger partial charge in [-0.3, -0.25) is 0 Å². The van der Waals surface area contributed by atoms with Gasteiger partial charge >= 0.3 is 0 Å². The lowest BCUT2D eigenvalue weighted by Gasteiger charge is -2.36. The molecule has 5 nitrogen and oxygen atoms in total. The fourth-order valence-corrected chi connectivity index (χ4v) is 3.52. The Morgan fingerprint density at radius 2 is 2.14 bits per heavy atom. The summed E-state index contributed by atoms with van der Waals surface area (Å²) in [5, 5.41) is 18.7. The summed E-state index contributed by atoms with van der Waals surface area (Å²) in [5.41, 5.74) is 2.20. The molecule has 0 aliphatic carbocycles. The maximum absolute atomic E-state index is 9.39. The van der Waals surface area contributed by atoms with E-state index >= 15 is 0 Å². The van der Waals surface area contributed by atoms with E-state index in [-0.39, 0.29) is 0 Å². The molecular weight excluding hydrogens is 264 g/mol. The van der Waals surface area contributed by atoms with Gasteiger partial charge < -0.3 is 9.64 Å². The summed E-state index contributed by atoms with van der Waals surface area (Å²) in [6.07, 6.45) is 2.53. The maximum Gasteiger partial charge on any atom is 0.187 e. The standard InChI is InChI=1S/C16H16N4O/c17-9-14-16(12-3-1-2-4-13(12)18-19-14)20-7-5-15-11(10-20)6-8-21-15/h1-4,11,15H,5-8,10H2/t11-,15+/m1/s1. The summed E-state index contributed by atoms with van der Waals surface area (Å²) >= 11 is 0. The Labute approximate surface area is 123 Å². The minimum atomic E-state index is 0.396. The molecule has 2 aliphatic rings. The second-order valence-electron chi connectivity index (χ2n) is 5.72. The van der Waals surface area contributed by atoms with Crippen LogP contribution < -0.4 is 4.90 Å². The summed E-state index contributed by atoms with van der Waals surface area (Å²) in [7, 11) is 0. The van der Waals surface area contributed by atoms with Crippen LogP contribution in [0.4, 0.5) is 5.69 Å². The highest BCUT2D eigenvalue weighted by Crippen LogP contribution is 2.35. The highest BCUT2D eigenvalue weighted by molar-refractivity contribution is 5.93. The Morgan fingerprint density at radius 1 is 1.24 bits per heavy atom. The van der Waals surface area contributed by atoms with Gasteiger partial charge in [-0.05, 0) is 18.9 Å². The van der Waals surface area contributed by atoms with Crippen molar-refractivity contribution in [1.82, 2.24) is 10.2 Å². The molecule has 2 atom stereocenters. The van der Waals surface area contributed by atoms with Crippen LogP contribution in [0.3, 0.4) is 0 Å². The van der Waals surface area contributed by atoms with Crippen LogP contribution in [0.15, 0.2) is 24.3 Å². The number of nitriles is 1. The van der Waals surface area contributed by atoms with Gasteiger partial charge in [-0.2, -0.15) is 5.26 Å². The first-order chi connectivity index (χ1) is 10.4. The summed E-state index contributed by atoms with van der Waals surface area (Å²) < 4.78 is 5.77. The predicted octanol–water partition coefficient (Wildman–Crippen LogP) is 2.12. The molecule has 0 saturated carbocycles. The number of piperidine rings is 1. The number of nitrogens with zero attached hydrogens (tertiary/aromatic N) is 4. The molecule has 2 saturated heterocycles. The van der Waals surface area contributed by atoms with E-state index in [0.717, 1.165) is 49.1 Å². The third-order valence-electron chi connectivity index (χ3n) is 4.55. The maximum atomic E-state index is 9.39. The molecule has 2 fully saturated rings. The smallest absolute Gasteiger partial charge is 0.187 e. The average Bonchev–Trinajstić information content (AvgIpc) is 3.01. The van der Waals surface area contributed by atoms with Crippen molar-refractivity contribution in [2.24, 2.45) is 5.92 Å². The van der Waals surface area contributed by atoms with Gasteiger partial charge in [0.2, 0.25) is 0 Å². The number of rotatable bonds is 1. The lowest BCUT2D eigenvalue weighted by molar-refractivity contribution is 0.0773. The van der Waals surface area contributed by atoms with Crippen molar-refractivity contribution >= 4 is 16.6 Å². The first-order valence-electron chi connectivity index (χ1n) is 7.39. The largest absolute Gasteiger partial charge is 0.378 e. The minimum Gasteiger partial charge on any atom is -0.378 e. The van der Waals surface area contributed by atoms with Crippen LogP contribution in [0.1, 0.15) is 18.5 Å². The van der Waals surface area contributed by atoms with Gasteiger partial charge in [-0.25, -0.2) is 0 Å². The molecule has 106 valence electrons. The van der Waals surface area contributed by atoms with E-state index in [1.165, 1.54) is 0 Å². The molecule has 4 rings (SSSR count). The number of fused-ring (bicyclic) bond motifs is 2. The summed E-state index contributed by atoms with van der Waals surface area (Å²) in [6.45, 7) is 2.71. The van der Waals surface area contributed by atoms with Gasteiger partial charge in [0.05, 0.1) is 17.3 Å². The fraction of sp³-hybridized carbons (Fsp3) is 0.438. The van der Waals surface area contributed by atoms with Crippen LogP contribution in [-0.4, -0.2) is 36.0 Å². The topological polar surface area (TPSA) is 62.0 Å². The molecule has 1 aromatic heterocycles. The van der Waals surface area contributed by atoms with Gasteiger partial charge in [-0.15, -0.1) is 10.2 Å². The zero-order valence-electron chi connectivity index (χ0n) is 11.7. The van der Waals surface area contributed by atoms with Crippen molar-refractivity contribution in [2.45, 2.75) is 18.9 Å². The van der Waals surface area contributed by atoms with Gasteiger partial charge in [0, 0.05) is 31.0 Å². The van der Waals surface area contributed by atoms with Crippen LogP contribution in [0.5, 0.6) is 0 Å². The molecule has 0 unspecified atom stereocenters. The molecule has 0 spiro atoms. The molecule has 5 heteroatoms. The van der Waals surface area contributed by atoms with E-state index in [0.29, 0.717) is 17.7 Å². The van der Waals surface area contributed by atoms with E-state index in [1.54, 1.807) is 0 Å². The molecule has 0 amide bonds. The van der Waals surface area contributed by atoms with Gasteiger partial charge in [0.1, 0.15) is 6.07 Å². The normalized spacial score (nSPS) is 24.8. The van der Waals surface area contributed by atoms with E-state index in [9.17, 15) is 5.26 Å². The van der Waals surface area contributed by atoms with Gasteiger partial charge in [-0.1, -0.05) is 18.2 Å². The second-order valence-corrected chi connectivity index (χ2v) is 5.72. The third-order valence-corrected chi connectivity index (χ3v) is 4.55. The van der Waals surface area contributed by atoms with Crippen LogP contribution in [0.25, 0.3) is 10.9 Å². The number of hydrogen-bond donors (Lipinski definition) is 0. The zero-order valence-corrected chi connectivity index (χ0v) is 11.7. The van der Waals surface area contributed by atoms with E-state index < -0.39 is 0 Å². The predicted molar refractivity (Wildman–Crippen MR) is 78.9 cm³/mol. The molecule has 0 radical (unpaired) electrons. The van der Waals surface area contributed by atoms with E-state index in [2.05, 4.69) is 21.2 Å². The minimum absolute atomic E-state index is 0.396. The lowest BCUT2D eigenvalue weighted by atomic mass is 9.93. The molecule has 21 heavy (non-hydrogen) atoms. The molecule has 1 aromatic carbocycles. The fourth-order valence-electron chi connectivity index (χ4n) is 3.52. The van der Waals surface area contributed by atoms with Gasteiger partial charge in [0.15, 0.2) is 5.69 Å². The third kappa shape index (κ3) is 2.03. The van der Waals surface area contributed by atoms with Crippen molar-refractivity contribution in [2.75, 3.05) is 24.6 Å². The quantitative estimate of drug-likeness (QED) is 0.800. The Bertz CT molecular complexity index is 724. The average molecular weight is 280 g/mol. The second kappa shape index (κ2) is 4.97. The molecular formula is C16H16N4O. The van der Waals surface area contributed by atoms with Gasteiger partial charge in [0.25, 0.3) is 0 Å². The van der Waals surface area contributed by atoms with Crippen LogP contribution in [-0.2, 0) is 4.74 Å². The molecule has 2 aliphatic heterocycles. The molecule has 0 N–H and O–H groups in total. The molecule has 0 bridgehead atoms. The summed E-state index contributed by atoms with van der Waals surface area (Å²) in [5.74, 6) is 0.567. The Balaban J connectivity index is 1.80. The van der Waals surface area contributed by atoms with Crippen LogP contribution >= 0.6 is 0 Å². The molecule has 3 heterocycles. The van der Waals surface area contributed by atoms with Crippen molar-refractivity contribution in [3.63, 3.8) is 0 Å². The Hall–Kier alpha value is -2.19. The molecule has 2 aromatic rings. The Morgan fingerprint density at radius 3 is 3.05 bits per heavy atom. The van der Waals surface area contributed by atoms with E-state index in [1.807, 2.05) is 24.3 Å². The summed E-state index contributed by atoms with van der Waals surface area (Å²) in [6, 6.07) is 10.1. The number of aromatic nitrogens is 2. The number of anilines is 1. The first kappa shape index (κ1) is 12.5. The first-order valence-corrected chi connectivity index (χ1v) is 7.39. The van der Waals surface area contributed by atoms with E-state index in [4.69, 9.17) is 4.74 Å². The summed E-state index contributed by atoms with van der Waals surface area (Å²) in [4.78, 5) is 2.30. The van der Waals surface area contributed by atoms with Crippen molar-refractivity contribution in [1.29, 1.82) is 5.26 Å². The number of ether oxygens (including phenoxy) is 1. The van der Waals surface area contributed by atoms with Crippen LogP contribution in [0, 0.1) is 17.2 Å².